The van der Waals surface area contributed by atoms with Crippen molar-refractivity contribution in [1.82, 2.24) is 9.29 Å². The third-order valence-electron chi connectivity index (χ3n) is 5.61. The first-order valence-corrected chi connectivity index (χ1v) is 11.3. The van der Waals surface area contributed by atoms with Crippen molar-refractivity contribution >= 4 is 10.0 Å². The molecule has 0 saturated carbocycles. The third-order valence-corrected chi connectivity index (χ3v) is 7.69. The van der Waals surface area contributed by atoms with Gasteiger partial charge in [-0.3, -0.25) is 4.98 Å². The van der Waals surface area contributed by atoms with Gasteiger partial charge in [0.05, 0.1) is 23.7 Å². The van der Waals surface area contributed by atoms with Crippen LogP contribution in [0, 0.1) is 5.92 Å². The minimum Gasteiger partial charge on any atom is -0.375 e. The number of ether oxygens (including phenoxy) is 2. The first-order valence-electron chi connectivity index (χ1n) is 9.65. The maximum atomic E-state index is 12.3. The average Bonchev–Trinajstić information content (AvgIpc) is 3.02. The molecular weight excluding hydrogens is 352 g/mol. The second-order valence-electron chi connectivity index (χ2n) is 7.28. The summed E-state index contributed by atoms with van der Waals surface area (Å²) in [4.78, 5) is 4.27. The molecule has 0 unspecified atom stereocenters. The molecule has 7 heteroatoms. The summed E-state index contributed by atoms with van der Waals surface area (Å²) in [5, 5.41) is 0. The van der Waals surface area contributed by atoms with E-state index >= 15 is 0 Å². The molecule has 0 bridgehead atoms. The molecular formula is C19H30N2O4S. The molecule has 3 heterocycles. The van der Waals surface area contributed by atoms with Gasteiger partial charge in [-0.25, -0.2) is 12.7 Å². The van der Waals surface area contributed by atoms with Crippen LogP contribution in [-0.2, 0) is 26.1 Å². The number of piperidine rings is 1. The molecule has 0 amide bonds. The fourth-order valence-corrected chi connectivity index (χ4v) is 5.67. The Balaban J connectivity index is 1.47. The van der Waals surface area contributed by atoms with Crippen LogP contribution in [-0.4, -0.2) is 55.4 Å². The zero-order valence-corrected chi connectivity index (χ0v) is 16.4. The Labute approximate surface area is 156 Å². The Morgan fingerprint density at radius 3 is 2.85 bits per heavy atom. The van der Waals surface area contributed by atoms with Gasteiger partial charge in [0.2, 0.25) is 10.0 Å². The topological polar surface area (TPSA) is 68.7 Å². The number of hydrogen-bond donors (Lipinski definition) is 0. The van der Waals surface area contributed by atoms with Gasteiger partial charge in [0.25, 0.3) is 0 Å². The number of nitrogens with zero attached hydrogens (tertiary/aromatic N) is 2. The lowest BCUT2D eigenvalue weighted by molar-refractivity contribution is -0.0618. The molecule has 0 radical (unpaired) electrons. The highest BCUT2D eigenvalue weighted by Gasteiger charge is 2.47. The zero-order valence-electron chi connectivity index (χ0n) is 15.6. The molecule has 1 aromatic heterocycles. The van der Waals surface area contributed by atoms with Gasteiger partial charge in [-0.05, 0) is 50.2 Å². The summed E-state index contributed by atoms with van der Waals surface area (Å²) in [6, 6.07) is 5.83. The largest absolute Gasteiger partial charge is 0.375 e. The number of hydrogen-bond acceptors (Lipinski definition) is 5. The normalized spacial score (nSPS) is 23.5. The van der Waals surface area contributed by atoms with Crippen LogP contribution in [0.15, 0.2) is 24.4 Å². The molecule has 0 aliphatic carbocycles. The van der Waals surface area contributed by atoms with Crippen molar-refractivity contribution in [3.63, 3.8) is 0 Å². The van der Waals surface area contributed by atoms with E-state index in [4.69, 9.17) is 9.47 Å². The van der Waals surface area contributed by atoms with Crippen LogP contribution in [0.4, 0.5) is 0 Å². The van der Waals surface area contributed by atoms with Crippen LogP contribution < -0.4 is 0 Å². The second-order valence-corrected chi connectivity index (χ2v) is 9.36. The molecule has 0 aromatic carbocycles. The molecule has 1 aromatic rings. The third kappa shape index (κ3) is 4.63. The Kier molecular flexibility index (Phi) is 6.66. The minimum atomic E-state index is -3.10. The molecule has 0 N–H and O–H groups in total. The van der Waals surface area contributed by atoms with Crippen LogP contribution in [0.1, 0.15) is 44.7 Å². The molecule has 2 fully saturated rings. The van der Waals surface area contributed by atoms with Gasteiger partial charge in [-0.2, -0.15) is 0 Å². The Morgan fingerprint density at radius 1 is 1.35 bits per heavy atom. The maximum Gasteiger partial charge on any atom is 0.214 e. The Bertz CT molecular complexity index is 657. The van der Waals surface area contributed by atoms with Crippen LogP contribution in [0.2, 0.25) is 0 Å². The quantitative estimate of drug-likeness (QED) is 0.647. The molecule has 2 aliphatic rings. The highest BCUT2D eigenvalue weighted by atomic mass is 32.2. The van der Waals surface area contributed by atoms with E-state index in [0.717, 1.165) is 38.0 Å². The van der Waals surface area contributed by atoms with Crippen molar-refractivity contribution in [2.75, 3.05) is 32.1 Å². The van der Waals surface area contributed by atoms with Gasteiger partial charge in [0, 0.05) is 32.5 Å². The van der Waals surface area contributed by atoms with E-state index < -0.39 is 10.0 Å². The summed E-state index contributed by atoms with van der Waals surface area (Å²) in [5.74, 6) is 0.688. The maximum absolute atomic E-state index is 12.3. The Morgan fingerprint density at radius 2 is 2.15 bits per heavy atom. The number of pyridine rings is 1. The van der Waals surface area contributed by atoms with E-state index in [1.54, 1.807) is 10.5 Å². The summed E-state index contributed by atoms with van der Waals surface area (Å²) in [6.45, 7) is 5.05. The monoisotopic (exact) mass is 382 g/mol. The first kappa shape index (κ1) is 19.7. The predicted molar refractivity (Wildman–Crippen MR) is 100 cm³/mol. The molecule has 1 spiro atoms. The fourth-order valence-electron chi connectivity index (χ4n) is 4.16. The highest BCUT2D eigenvalue weighted by Crippen LogP contribution is 2.42. The van der Waals surface area contributed by atoms with Gasteiger partial charge in [-0.15, -0.1) is 0 Å². The first-order chi connectivity index (χ1) is 12.6. The lowest BCUT2D eigenvalue weighted by Gasteiger charge is -2.41. The average molecular weight is 383 g/mol. The van der Waals surface area contributed by atoms with E-state index in [0.29, 0.717) is 38.6 Å². The predicted octanol–water partition coefficient (Wildman–Crippen LogP) is 2.60. The minimum absolute atomic E-state index is 0.160. The lowest BCUT2D eigenvalue weighted by Crippen LogP contribution is -2.50. The SMILES string of the molecule is CCCS(=O)(=O)N1CCC2(CC1)OCC[C@@H]2CCOCc1ccccn1. The van der Waals surface area contributed by atoms with Gasteiger partial charge < -0.3 is 9.47 Å². The molecule has 1 atom stereocenters. The number of rotatable bonds is 8. The number of sulfonamides is 1. The van der Waals surface area contributed by atoms with E-state index in [2.05, 4.69) is 4.98 Å². The van der Waals surface area contributed by atoms with E-state index in [1.165, 1.54) is 0 Å². The Hall–Kier alpha value is -1.02. The van der Waals surface area contributed by atoms with Crippen LogP contribution in [0.25, 0.3) is 0 Å². The van der Waals surface area contributed by atoms with Gasteiger partial charge in [0.15, 0.2) is 0 Å². The van der Waals surface area contributed by atoms with Crippen molar-refractivity contribution in [2.24, 2.45) is 5.92 Å². The van der Waals surface area contributed by atoms with Gasteiger partial charge >= 0.3 is 0 Å². The standard InChI is InChI=1S/C19H30N2O4S/c1-2-15-26(22,23)21-11-8-19(9-12-21)17(7-14-25-19)6-13-24-16-18-5-3-4-10-20-18/h3-5,10,17H,2,6-9,11-16H2,1H3/t17-/m0/s1. The summed E-state index contributed by atoms with van der Waals surface area (Å²) in [5.41, 5.74) is 0.784. The van der Waals surface area contributed by atoms with Crippen LogP contribution >= 0.6 is 0 Å². The van der Waals surface area contributed by atoms with Crippen molar-refractivity contribution in [3.8, 4) is 0 Å². The second kappa shape index (κ2) is 8.78. The van der Waals surface area contributed by atoms with Crippen molar-refractivity contribution in [1.29, 1.82) is 0 Å². The van der Waals surface area contributed by atoms with Crippen molar-refractivity contribution in [2.45, 2.75) is 51.2 Å². The van der Waals surface area contributed by atoms with E-state index in [-0.39, 0.29) is 11.4 Å². The van der Waals surface area contributed by atoms with Gasteiger partial charge in [-0.1, -0.05) is 13.0 Å². The van der Waals surface area contributed by atoms with E-state index in [1.807, 2.05) is 25.1 Å². The van der Waals surface area contributed by atoms with Gasteiger partial charge in [0.1, 0.15) is 0 Å². The molecule has 2 aliphatic heterocycles. The lowest BCUT2D eigenvalue weighted by atomic mass is 9.78. The zero-order chi connectivity index (χ0) is 18.5. The summed E-state index contributed by atoms with van der Waals surface area (Å²) in [7, 11) is -3.10. The highest BCUT2D eigenvalue weighted by molar-refractivity contribution is 7.89. The van der Waals surface area contributed by atoms with Crippen molar-refractivity contribution in [3.05, 3.63) is 30.1 Å². The van der Waals surface area contributed by atoms with Crippen molar-refractivity contribution < 1.29 is 17.9 Å². The summed E-state index contributed by atoms with van der Waals surface area (Å²) in [6.07, 6.45) is 6.01. The summed E-state index contributed by atoms with van der Waals surface area (Å²) >= 11 is 0. The molecule has 26 heavy (non-hydrogen) atoms. The van der Waals surface area contributed by atoms with E-state index in [9.17, 15) is 8.42 Å². The molecule has 3 rings (SSSR count). The molecule has 2 saturated heterocycles. The fraction of sp³-hybridized carbons (Fsp3) is 0.737. The van der Waals surface area contributed by atoms with Crippen LogP contribution in [0.3, 0.4) is 0 Å². The molecule has 6 nitrogen and oxygen atoms in total. The summed E-state index contributed by atoms with van der Waals surface area (Å²) < 4.78 is 38.1. The smallest absolute Gasteiger partial charge is 0.214 e. The molecule has 146 valence electrons. The number of aromatic nitrogens is 1. The van der Waals surface area contributed by atoms with Crippen LogP contribution in [0.5, 0.6) is 0 Å².